The molecule has 2 heterocycles. The van der Waals surface area contributed by atoms with E-state index in [1.165, 1.54) is 0 Å². The molecule has 0 unspecified atom stereocenters. The zero-order valence-electron chi connectivity index (χ0n) is 14.6. The van der Waals surface area contributed by atoms with E-state index in [4.69, 9.17) is 9.47 Å². The van der Waals surface area contributed by atoms with Crippen LogP contribution in [-0.4, -0.2) is 24.2 Å². The van der Waals surface area contributed by atoms with E-state index >= 15 is 0 Å². The zero-order valence-corrected chi connectivity index (χ0v) is 14.6. The van der Waals surface area contributed by atoms with Crippen molar-refractivity contribution in [2.75, 3.05) is 14.2 Å². The first-order valence-corrected chi connectivity index (χ1v) is 8.33. The Hall–Kier alpha value is -3.40. The molecule has 0 saturated carbocycles. The van der Waals surface area contributed by atoms with Crippen molar-refractivity contribution in [3.05, 3.63) is 72.9 Å². The Morgan fingerprint density at radius 2 is 1.50 bits per heavy atom. The molecular weight excluding hydrogens is 324 g/mol. The predicted octanol–water partition coefficient (Wildman–Crippen LogP) is 4.98. The third-order valence-electron chi connectivity index (χ3n) is 4.33. The van der Waals surface area contributed by atoms with E-state index < -0.39 is 0 Å². The lowest BCUT2D eigenvalue weighted by Gasteiger charge is -2.10. The Morgan fingerprint density at radius 1 is 0.731 bits per heavy atom. The van der Waals surface area contributed by atoms with Crippen molar-refractivity contribution in [3.8, 4) is 34.0 Å². The van der Waals surface area contributed by atoms with Crippen LogP contribution in [0.25, 0.3) is 33.3 Å². The van der Waals surface area contributed by atoms with Crippen molar-refractivity contribution in [1.29, 1.82) is 0 Å². The molecule has 2 aromatic carbocycles. The fourth-order valence-corrected chi connectivity index (χ4v) is 2.95. The number of methoxy groups -OCH3 is 2. The van der Waals surface area contributed by atoms with E-state index in [0.717, 1.165) is 39.0 Å². The van der Waals surface area contributed by atoms with E-state index in [2.05, 4.69) is 28.2 Å². The number of benzene rings is 2. The van der Waals surface area contributed by atoms with Gasteiger partial charge in [0.25, 0.3) is 0 Å². The summed E-state index contributed by atoms with van der Waals surface area (Å²) in [6.07, 6.45) is 1.88. The van der Waals surface area contributed by atoms with Crippen molar-refractivity contribution in [3.63, 3.8) is 0 Å². The summed E-state index contributed by atoms with van der Waals surface area (Å²) in [6.45, 7) is 0. The van der Waals surface area contributed by atoms with E-state index in [1.54, 1.807) is 14.2 Å². The molecule has 0 spiro atoms. The molecule has 0 fully saturated rings. The van der Waals surface area contributed by atoms with Gasteiger partial charge < -0.3 is 9.47 Å². The molecule has 0 aliphatic heterocycles. The molecule has 4 heteroatoms. The number of aromatic nitrogens is 2. The van der Waals surface area contributed by atoms with Crippen molar-refractivity contribution >= 4 is 10.9 Å². The summed E-state index contributed by atoms with van der Waals surface area (Å²) < 4.78 is 10.8. The van der Waals surface area contributed by atoms with Gasteiger partial charge in [-0.1, -0.05) is 30.3 Å². The minimum atomic E-state index is 0.568. The van der Waals surface area contributed by atoms with Crippen molar-refractivity contribution in [2.24, 2.45) is 0 Å². The number of hydrogen-bond donors (Lipinski definition) is 0. The van der Waals surface area contributed by atoms with Gasteiger partial charge in [-0.25, -0.2) is 4.98 Å². The smallest absolute Gasteiger partial charge is 0.223 e. The average Bonchev–Trinajstić information content (AvgIpc) is 2.73. The number of pyridine rings is 2. The summed E-state index contributed by atoms with van der Waals surface area (Å²) in [6, 6.07) is 22.0. The van der Waals surface area contributed by atoms with Crippen molar-refractivity contribution < 1.29 is 9.47 Å². The van der Waals surface area contributed by atoms with Gasteiger partial charge in [-0.2, -0.15) is 0 Å². The number of fused-ring (bicyclic) bond motifs is 1. The van der Waals surface area contributed by atoms with E-state index in [9.17, 15) is 0 Å². The van der Waals surface area contributed by atoms with Crippen LogP contribution in [0.3, 0.4) is 0 Å². The summed E-state index contributed by atoms with van der Waals surface area (Å²) in [5, 5.41) is 0.895. The summed E-state index contributed by atoms with van der Waals surface area (Å²) in [5.74, 6) is 1.38. The van der Waals surface area contributed by atoms with Gasteiger partial charge in [0, 0.05) is 17.3 Å². The molecular formula is C22H18N2O2. The lowest BCUT2D eigenvalue weighted by Crippen LogP contribution is -1.94. The topological polar surface area (TPSA) is 44.2 Å². The Labute approximate surface area is 152 Å². The monoisotopic (exact) mass is 342 g/mol. The molecule has 0 amide bonds. The fourth-order valence-electron chi connectivity index (χ4n) is 2.95. The van der Waals surface area contributed by atoms with Crippen LogP contribution < -0.4 is 9.47 Å². The van der Waals surface area contributed by atoms with Gasteiger partial charge in [-0.15, -0.1) is 0 Å². The minimum absolute atomic E-state index is 0.568. The predicted molar refractivity (Wildman–Crippen MR) is 104 cm³/mol. The third kappa shape index (κ3) is 2.97. The van der Waals surface area contributed by atoms with Crippen LogP contribution in [0.4, 0.5) is 0 Å². The molecule has 0 saturated heterocycles. The molecule has 128 valence electrons. The summed E-state index contributed by atoms with van der Waals surface area (Å²) in [7, 11) is 3.29. The van der Waals surface area contributed by atoms with Crippen LogP contribution in [0, 0.1) is 0 Å². The first-order valence-electron chi connectivity index (χ1n) is 8.33. The van der Waals surface area contributed by atoms with Crippen LogP contribution >= 0.6 is 0 Å². The lowest BCUT2D eigenvalue weighted by molar-refractivity contribution is 0.404. The number of ether oxygens (including phenoxy) is 2. The maximum absolute atomic E-state index is 5.55. The highest BCUT2D eigenvalue weighted by Gasteiger charge is 2.11. The largest absolute Gasteiger partial charge is 0.497 e. The van der Waals surface area contributed by atoms with Crippen molar-refractivity contribution in [2.45, 2.75) is 0 Å². The number of hydrogen-bond acceptors (Lipinski definition) is 4. The van der Waals surface area contributed by atoms with Gasteiger partial charge >= 0.3 is 0 Å². The van der Waals surface area contributed by atoms with Gasteiger partial charge in [0.1, 0.15) is 5.75 Å². The van der Waals surface area contributed by atoms with Gasteiger partial charge in [-0.05, 0) is 42.0 Å². The second-order valence-corrected chi connectivity index (χ2v) is 5.90. The molecule has 0 atom stereocenters. The molecule has 4 nitrogen and oxygen atoms in total. The van der Waals surface area contributed by atoms with Crippen LogP contribution in [-0.2, 0) is 0 Å². The fraction of sp³-hybridized carbons (Fsp3) is 0.0909. The Kier molecular flexibility index (Phi) is 4.23. The first kappa shape index (κ1) is 16.1. The highest BCUT2D eigenvalue weighted by molar-refractivity contribution is 5.90. The minimum Gasteiger partial charge on any atom is -0.497 e. The molecule has 0 aliphatic rings. The number of rotatable bonds is 4. The molecule has 0 aliphatic carbocycles. The van der Waals surface area contributed by atoms with Crippen LogP contribution in [0.1, 0.15) is 0 Å². The van der Waals surface area contributed by atoms with E-state index in [1.807, 2.05) is 54.7 Å². The SMILES string of the molecule is COc1ccc(-c2cc3ncc(-c4ccccc4)cc3c(OC)n2)cc1. The quantitative estimate of drug-likeness (QED) is 0.524. The van der Waals surface area contributed by atoms with E-state index in [0.29, 0.717) is 5.88 Å². The van der Waals surface area contributed by atoms with Crippen molar-refractivity contribution in [1.82, 2.24) is 9.97 Å². The third-order valence-corrected chi connectivity index (χ3v) is 4.33. The van der Waals surface area contributed by atoms with Crippen LogP contribution in [0.2, 0.25) is 0 Å². The summed E-state index contributed by atoms with van der Waals surface area (Å²) in [4.78, 5) is 9.32. The maximum atomic E-state index is 5.55. The summed E-state index contributed by atoms with van der Waals surface area (Å²) >= 11 is 0. The first-order chi connectivity index (χ1) is 12.8. The second kappa shape index (κ2) is 6.84. The Morgan fingerprint density at radius 3 is 2.19 bits per heavy atom. The average molecular weight is 342 g/mol. The highest BCUT2D eigenvalue weighted by Crippen LogP contribution is 2.31. The highest BCUT2D eigenvalue weighted by atomic mass is 16.5. The molecule has 0 radical (unpaired) electrons. The Balaban J connectivity index is 1.83. The molecule has 2 aromatic heterocycles. The van der Waals surface area contributed by atoms with Gasteiger partial charge in [0.05, 0.1) is 30.8 Å². The second-order valence-electron chi connectivity index (χ2n) is 5.90. The maximum Gasteiger partial charge on any atom is 0.223 e. The van der Waals surface area contributed by atoms with E-state index in [-0.39, 0.29) is 0 Å². The summed E-state index contributed by atoms with van der Waals surface area (Å²) in [5.41, 5.74) is 4.80. The molecule has 26 heavy (non-hydrogen) atoms. The van der Waals surface area contributed by atoms with Gasteiger partial charge in [0.2, 0.25) is 5.88 Å². The molecule has 4 aromatic rings. The number of nitrogens with zero attached hydrogens (tertiary/aromatic N) is 2. The molecule has 0 N–H and O–H groups in total. The van der Waals surface area contributed by atoms with Gasteiger partial charge in [0.15, 0.2) is 0 Å². The standard InChI is InChI=1S/C22H18N2O2/c1-25-18-10-8-16(9-11-18)20-13-21-19(22(24-20)26-2)12-17(14-23-21)15-6-4-3-5-7-15/h3-14H,1-2H3. The molecule has 4 rings (SSSR count). The lowest BCUT2D eigenvalue weighted by atomic mass is 10.0. The van der Waals surface area contributed by atoms with Crippen LogP contribution in [0.5, 0.6) is 11.6 Å². The van der Waals surface area contributed by atoms with Crippen LogP contribution in [0.15, 0.2) is 72.9 Å². The van der Waals surface area contributed by atoms with Gasteiger partial charge in [-0.3, -0.25) is 4.98 Å². The normalized spacial score (nSPS) is 10.7. The Bertz CT molecular complexity index is 1040. The molecule has 0 bridgehead atoms. The zero-order chi connectivity index (χ0) is 17.9.